The number of piperidine rings is 1. The lowest BCUT2D eigenvalue weighted by Crippen LogP contribution is -2.39. The molecule has 0 spiro atoms. The minimum Gasteiger partial charge on any atom is -0.306 e. The quantitative estimate of drug-likeness (QED) is 0.567. The zero-order valence-electron chi connectivity index (χ0n) is 9.08. The van der Waals surface area contributed by atoms with Crippen LogP contribution < -0.4 is 0 Å². The molecule has 2 unspecified atom stereocenters. The van der Waals surface area contributed by atoms with E-state index >= 15 is 0 Å². The van der Waals surface area contributed by atoms with Crippen molar-refractivity contribution in [2.45, 2.75) is 23.2 Å². The minimum absolute atomic E-state index is 0.903. The van der Waals surface area contributed by atoms with Crippen molar-refractivity contribution in [3.63, 3.8) is 0 Å². The van der Waals surface area contributed by atoms with Gasteiger partial charge in [-0.05, 0) is 45.3 Å². The van der Waals surface area contributed by atoms with E-state index in [1.54, 1.807) is 0 Å². The number of hydrogen-bond acceptors (Lipinski definition) is 2. The van der Waals surface area contributed by atoms with Crippen molar-refractivity contribution >= 4 is 22.6 Å². The van der Waals surface area contributed by atoms with Gasteiger partial charge >= 0.3 is 0 Å². The average molecular weight is 308 g/mol. The lowest BCUT2D eigenvalue weighted by molar-refractivity contribution is 0.203. The van der Waals surface area contributed by atoms with Gasteiger partial charge in [-0.25, -0.2) is 0 Å². The van der Waals surface area contributed by atoms with Crippen LogP contribution in [0.3, 0.4) is 0 Å². The average Bonchev–Trinajstić information content (AvgIpc) is 2.51. The van der Waals surface area contributed by atoms with Gasteiger partial charge in [0.1, 0.15) is 0 Å². The van der Waals surface area contributed by atoms with Crippen LogP contribution in [-0.4, -0.2) is 53.5 Å². The van der Waals surface area contributed by atoms with E-state index in [1.807, 2.05) is 0 Å². The molecule has 0 amide bonds. The molecule has 2 nitrogen and oxygen atoms in total. The molecule has 0 aromatic heterocycles. The molecular weight excluding hydrogens is 287 g/mol. The lowest BCUT2D eigenvalue weighted by atomic mass is 10.1. The molecule has 2 atom stereocenters. The first-order chi connectivity index (χ1) is 6.74. The van der Waals surface area contributed by atoms with E-state index in [-0.39, 0.29) is 0 Å². The third-order valence-electron chi connectivity index (χ3n) is 3.45. The van der Waals surface area contributed by atoms with Crippen LogP contribution in [0, 0.1) is 5.92 Å². The van der Waals surface area contributed by atoms with Crippen LogP contribution in [-0.2, 0) is 0 Å². The van der Waals surface area contributed by atoms with E-state index in [9.17, 15) is 0 Å². The Bertz CT molecular complexity index is 186. The third kappa shape index (κ3) is 3.07. The number of alkyl halides is 1. The summed E-state index contributed by atoms with van der Waals surface area (Å²) in [7, 11) is 2.25. The highest BCUT2D eigenvalue weighted by Gasteiger charge is 2.24. The van der Waals surface area contributed by atoms with Crippen LogP contribution in [0.1, 0.15) is 19.3 Å². The molecule has 2 rings (SSSR count). The van der Waals surface area contributed by atoms with Crippen LogP contribution in [0.4, 0.5) is 0 Å². The molecule has 2 heterocycles. The fourth-order valence-corrected chi connectivity index (χ4v) is 3.70. The predicted octanol–water partition coefficient (Wildman–Crippen LogP) is 1.84. The van der Waals surface area contributed by atoms with Crippen molar-refractivity contribution in [3.05, 3.63) is 0 Å². The molecule has 0 bridgehead atoms. The number of nitrogens with zero attached hydrogens (tertiary/aromatic N) is 2. The molecular formula is C11H21IN2. The zero-order valence-corrected chi connectivity index (χ0v) is 11.2. The van der Waals surface area contributed by atoms with Gasteiger partial charge in [0.25, 0.3) is 0 Å². The van der Waals surface area contributed by atoms with E-state index in [4.69, 9.17) is 0 Å². The van der Waals surface area contributed by atoms with Gasteiger partial charge in [-0.3, -0.25) is 0 Å². The first kappa shape index (κ1) is 11.1. The fraction of sp³-hybridized carbons (Fsp3) is 1.00. The summed E-state index contributed by atoms with van der Waals surface area (Å²) in [6, 6.07) is 0. The normalized spacial score (nSPS) is 36.4. The van der Waals surface area contributed by atoms with Gasteiger partial charge in [0.15, 0.2) is 0 Å². The monoisotopic (exact) mass is 308 g/mol. The molecule has 2 fully saturated rings. The van der Waals surface area contributed by atoms with E-state index in [2.05, 4.69) is 39.4 Å². The standard InChI is InChI=1S/C11H21IN2/c1-13-6-4-10(7-13)8-14-5-2-3-11(12)9-14/h10-11H,2-9H2,1H3. The van der Waals surface area contributed by atoms with Crippen LogP contribution in [0.15, 0.2) is 0 Å². The summed E-state index contributed by atoms with van der Waals surface area (Å²) in [4.78, 5) is 5.15. The van der Waals surface area contributed by atoms with Crippen molar-refractivity contribution < 1.29 is 0 Å². The fourth-order valence-electron chi connectivity index (χ4n) is 2.71. The van der Waals surface area contributed by atoms with Crippen LogP contribution in [0.5, 0.6) is 0 Å². The molecule has 3 heteroatoms. The highest BCUT2D eigenvalue weighted by atomic mass is 127. The summed E-state index contributed by atoms with van der Waals surface area (Å²) in [5, 5.41) is 0. The Morgan fingerprint density at radius 2 is 2.07 bits per heavy atom. The minimum atomic E-state index is 0.903. The van der Waals surface area contributed by atoms with Crippen molar-refractivity contribution in [1.29, 1.82) is 0 Å². The summed E-state index contributed by atoms with van der Waals surface area (Å²) in [6.07, 6.45) is 4.26. The number of rotatable bonds is 2. The van der Waals surface area contributed by atoms with Crippen molar-refractivity contribution in [3.8, 4) is 0 Å². The van der Waals surface area contributed by atoms with Crippen LogP contribution >= 0.6 is 22.6 Å². The molecule has 0 aliphatic carbocycles. The van der Waals surface area contributed by atoms with Gasteiger partial charge in [0.2, 0.25) is 0 Å². The lowest BCUT2D eigenvalue weighted by Gasteiger charge is -2.31. The maximum Gasteiger partial charge on any atom is 0.0237 e. The predicted molar refractivity (Wildman–Crippen MR) is 69.1 cm³/mol. The highest BCUT2D eigenvalue weighted by Crippen LogP contribution is 2.21. The molecule has 0 saturated carbocycles. The number of likely N-dealkylation sites (tertiary alicyclic amines) is 2. The van der Waals surface area contributed by atoms with Gasteiger partial charge in [-0.15, -0.1) is 0 Å². The van der Waals surface area contributed by atoms with Crippen LogP contribution in [0.25, 0.3) is 0 Å². The molecule has 0 aromatic rings. The molecule has 14 heavy (non-hydrogen) atoms. The zero-order chi connectivity index (χ0) is 9.97. The Labute approximate surface area is 101 Å². The van der Waals surface area contributed by atoms with Crippen molar-refractivity contribution in [1.82, 2.24) is 9.80 Å². The van der Waals surface area contributed by atoms with E-state index in [0.29, 0.717) is 0 Å². The molecule has 2 aliphatic heterocycles. The Hall–Kier alpha value is 0.650. The smallest absolute Gasteiger partial charge is 0.0237 e. The number of hydrogen-bond donors (Lipinski definition) is 0. The first-order valence-electron chi connectivity index (χ1n) is 5.79. The second-order valence-corrected chi connectivity index (χ2v) is 6.68. The maximum absolute atomic E-state index is 2.68. The largest absolute Gasteiger partial charge is 0.306 e. The molecule has 0 aromatic carbocycles. The molecule has 0 N–H and O–H groups in total. The summed E-state index contributed by atoms with van der Waals surface area (Å²) in [5.74, 6) is 0.946. The molecule has 2 aliphatic rings. The van der Waals surface area contributed by atoms with Crippen molar-refractivity contribution in [2.75, 3.05) is 39.8 Å². The van der Waals surface area contributed by atoms with E-state index in [1.165, 1.54) is 52.0 Å². The molecule has 0 radical (unpaired) electrons. The first-order valence-corrected chi connectivity index (χ1v) is 7.03. The van der Waals surface area contributed by atoms with Crippen molar-refractivity contribution in [2.24, 2.45) is 5.92 Å². The van der Waals surface area contributed by atoms with Gasteiger partial charge < -0.3 is 9.80 Å². The maximum atomic E-state index is 2.68. The topological polar surface area (TPSA) is 6.48 Å². The molecule has 82 valence electrons. The third-order valence-corrected chi connectivity index (χ3v) is 4.47. The Kier molecular flexibility index (Phi) is 4.08. The number of halogens is 1. The second kappa shape index (κ2) is 5.12. The summed E-state index contributed by atoms with van der Waals surface area (Å²) >= 11 is 2.61. The molecule has 2 saturated heterocycles. The SMILES string of the molecule is CN1CCC(CN2CCCC(I)C2)C1. The van der Waals surface area contributed by atoms with Gasteiger partial charge in [-0.2, -0.15) is 0 Å². The Balaban J connectivity index is 1.74. The second-order valence-electron chi connectivity index (χ2n) is 4.92. The van der Waals surface area contributed by atoms with Crippen LogP contribution in [0.2, 0.25) is 0 Å². The van der Waals surface area contributed by atoms with E-state index in [0.717, 1.165) is 9.84 Å². The van der Waals surface area contributed by atoms with E-state index < -0.39 is 0 Å². The Morgan fingerprint density at radius 1 is 1.21 bits per heavy atom. The van der Waals surface area contributed by atoms with Gasteiger partial charge in [-0.1, -0.05) is 22.6 Å². The summed E-state index contributed by atoms with van der Waals surface area (Å²) in [5.41, 5.74) is 0. The Morgan fingerprint density at radius 3 is 2.71 bits per heavy atom. The summed E-state index contributed by atoms with van der Waals surface area (Å²) < 4.78 is 0.903. The van der Waals surface area contributed by atoms with Gasteiger partial charge in [0.05, 0.1) is 0 Å². The van der Waals surface area contributed by atoms with Gasteiger partial charge in [0, 0.05) is 23.6 Å². The summed E-state index contributed by atoms with van der Waals surface area (Å²) in [6.45, 7) is 6.67. The highest BCUT2D eigenvalue weighted by molar-refractivity contribution is 14.1.